The molecule has 7 atom stereocenters. The van der Waals surface area contributed by atoms with Gasteiger partial charge in [0.05, 0.1) is 6.10 Å². The molecule has 7 unspecified atom stereocenters. The Hall–Kier alpha value is -0.300. The van der Waals surface area contributed by atoms with Gasteiger partial charge in [0.1, 0.15) is 0 Å². The monoisotopic (exact) mass is 316 g/mol. The second-order valence-electron chi connectivity index (χ2n) is 10.1. The molecule has 4 rings (SSSR count). The zero-order valence-corrected chi connectivity index (χ0v) is 15.6. The number of hydrogen-bond acceptors (Lipinski definition) is 1. The van der Waals surface area contributed by atoms with Crippen molar-refractivity contribution < 1.29 is 5.11 Å². The Morgan fingerprint density at radius 2 is 1.78 bits per heavy atom. The topological polar surface area (TPSA) is 20.2 Å². The summed E-state index contributed by atoms with van der Waals surface area (Å²) in [5, 5.41) is 10.1. The number of allylic oxidation sites excluding steroid dienone is 1. The normalized spacial score (nSPS) is 52.6. The van der Waals surface area contributed by atoms with E-state index in [0.29, 0.717) is 10.8 Å². The molecular formula is C22H36O. The Morgan fingerprint density at radius 3 is 2.52 bits per heavy atom. The minimum atomic E-state index is -0.166. The number of aliphatic hydroxyl groups is 1. The maximum absolute atomic E-state index is 10.1. The van der Waals surface area contributed by atoms with Gasteiger partial charge in [-0.1, -0.05) is 39.3 Å². The van der Waals surface area contributed by atoms with Gasteiger partial charge < -0.3 is 5.11 Å². The van der Waals surface area contributed by atoms with Crippen molar-refractivity contribution >= 4 is 0 Å². The molecule has 23 heavy (non-hydrogen) atoms. The molecule has 1 heteroatoms. The number of rotatable bonds is 1. The van der Waals surface area contributed by atoms with Gasteiger partial charge in [-0.15, -0.1) is 0 Å². The lowest BCUT2D eigenvalue weighted by molar-refractivity contribution is -0.0610. The zero-order valence-electron chi connectivity index (χ0n) is 15.6. The highest BCUT2D eigenvalue weighted by atomic mass is 16.3. The van der Waals surface area contributed by atoms with E-state index in [1.54, 1.807) is 5.57 Å². The summed E-state index contributed by atoms with van der Waals surface area (Å²) < 4.78 is 0. The Balaban J connectivity index is 1.64. The molecule has 0 aromatic rings. The Kier molecular flexibility index (Phi) is 3.76. The van der Waals surface area contributed by atoms with Gasteiger partial charge in [-0.05, 0) is 91.8 Å². The van der Waals surface area contributed by atoms with Crippen molar-refractivity contribution in [2.24, 2.45) is 40.4 Å². The first-order chi connectivity index (χ1) is 10.9. The van der Waals surface area contributed by atoms with Crippen LogP contribution in [0.5, 0.6) is 0 Å². The van der Waals surface area contributed by atoms with Gasteiger partial charge in [-0.2, -0.15) is 0 Å². The van der Waals surface area contributed by atoms with E-state index < -0.39 is 0 Å². The van der Waals surface area contributed by atoms with Crippen LogP contribution >= 0.6 is 0 Å². The molecule has 0 bridgehead atoms. The van der Waals surface area contributed by atoms with E-state index in [4.69, 9.17) is 0 Å². The van der Waals surface area contributed by atoms with Crippen molar-refractivity contribution in [3.05, 3.63) is 11.6 Å². The third-order valence-corrected chi connectivity index (χ3v) is 8.97. The summed E-state index contributed by atoms with van der Waals surface area (Å²) in [5.74, 6) is 4.61. The largest absolute Gasteiger partial charge is 0.389 e. The molecule has 1 nitrogen and oxygen atoms in total. The third kappa shape index (κ3) is 2.21. The maximum Gasteiger partial charge on any atom is 0.0724 e. The molecule has 0 aromatic carbocycles. The Labute approximate surface area is 142 Å². The van der Waals surface area contributed by atoms with Crippen LogP contribution in [0.1, 0.15) is 79.1 Å². The number of aliphatic hydroxyl groups excluding tert-OH is 1. The van der Waals surface area contributed by atoms with E-state index in [2.05, 4.69) is 33.8 Å². The van der Waals surface area contributed by atoms with Gasteiger partial charge in [0.2, 0.25) is 0 Å². The van der Waals surface area contributed by atoms with Crippen LogP contribution in [0.25, 0.3) is 0 Å². The first-order valence-electron chi connectivity index (χ1n) is 10.3. The lowest BCUT2D eigenvalue weighted by Crippen LogP contribution is -2.51. The van der Waals surface area contributed by atoms with Crippen molar-refractivity contribution in [3.8, 4) is 0 Å². The smallest absolute Gasteiger partial charge is 0.0724 e. The van der Waals surface area contributed by atoms with Crippen LogP contribution in [-0.2, 0) is 0 Å². The molecule has 0 saturated heterocycles. The first kappa shape index (κ1) is 16.2. The van der Waals surface area contributed by atoms with Gasteiger partial charge in [0.25, 0.3) is 0 Å². The number of fused-ring (bicyclic) bond motifs is 5. The predicted octanol–water partition coefficient (Wildman–Crippen LogP) is 5.58. The molecule has 0 amide bonds. The summed E-state index contributed by atoms with van der Waals surface area (Å²) in [5.41, 5.74) is 2.63. The fraction of sp³-hybridized carbons (Fsp3) is 0.909. The van der Waals surface area contributed by atoms with Crippen LogP contribution in [0.3, 0.4) is 0 Å². The van der Waals surface area contributed by atoms with Crippen LogP contribution in [0.4, 0.5) is 0 Å². The van der Waals surface area contributed by atoms with Crippen LogP contribution in [0.2, 0.25) is 0 Å². The van der Waals surface area contributed by atoms with Crippen LogP contribution in [-0.4, -0.2) is 11.2 Å². The quantitative estimate of drug-likeness (QED) is 0.626. The summed E-state index contributed by atoms with van der Waals surface area (Å²) in [6, 6.07) is 0. The summed E-state index contributed by atoms with van der Waals surface area (Å²) in [6.45, 7) is 10.1. The Morgan fingerprint density at radius 1 is 1.00 bits per heavy atom. The Bertz CT molecular complexity index is 506. The highest BCUT2D eigenvalue weighted by Crippen LogP contribution is 2.67. The molecule has 0 radical (unpaired) electrons. The average Bonchev–Trinajstić information content (AvgIpc) is 2.85. The van der Waals surface area contributed by atoms with E-state index in [1.807, 2.05) is 0 Å². The molecule has 1 N–H and O–H groups in total. The summed E-state index contributed by atoms with van der Waals surface area (Å²) >= 11 is 0. The van der Waals surface area contributed by atoms with Gasteiger partial charge in [0.15, 0.2) is 0 Å². The second-order valence-corrected chi connectivity index (χ2v) is 10.1. The first-order valence-corrected chi connectivity index (χ1v) is 10.3. The fourth-order valence-electron chi connectivity index (χ4n) is 7.85. The lowest BCUT2D eigenvalue weighted by Gasteiger charge is -2.59. The predicted molar refractivity (Wildman–Crippen MR) is 96.0 cm³/mol. The maximum atomic E-state index is 10.1. The SMILES string of the molecule is CC(C)C1CCC2C3CCC4=CC(O)CCC4(C)C3CCC12C. The number of hydrogen-bond donors (Lipinski definition) is 1. The minimum absolute atomic E-state index is 0.166. The van der Waals surface area contributed by atoms with Crippen molar-refractivity contribution in [2.45, 2.75) is 85.2 Å². The average molecular weight is 317 g/mol. The molecule has 3 saturated carbocycles. The van der Waals surface area contributed by atoms with Crippen LogP contribution in [0, 0.1) is 40.4 Å². The second kappa shape index (κ2) is 5.35. The fourth-order valence-corrected chi connectivity index (χ4v) is 7.85. The zero-order chi connectivity index (χ0) is 16.4. The molecule has 3 fully saturated rings. The van der Waals surface area contributed by atoms with Crippen molar-refractivity contribution in [2.75, 3.05) is 0 Å². The van der Waals surface area contributed by atoms with E-state index in [9.17, 15) is 5.11 Å². The van der Waals surface area contributed by atoms with Crippen molar-refractivity contribution in [1.82, 2.24) is 0 Å². The highest BCUT2D eigenvalue weighted by Gasteiger charge is 2.59. The van der Waals surface area contributed by atoms with Crippen LogP contribution in [0.15, 0.2) is 11.6 Å². The lowest BCUT2D eigenvalue weighted by atomic mass is 9.46. The molecule has 0 heterocycles. The van der Waals surface area contributed by atoms with Gasteiger partial charge in [-0.3, -0.25) is 0 Å². The van der Waals surface area contributed by atoms with E-state index >= 15 is 0 Å². The molecule has 130 valence electrons. The summed E-state index contributed by atoms with van der Waals surface area (Å²) in [7, 11) is 0. The third-order valence-electron chi connectivity index (χ3n) is 8.97. The van der Waals surface area contributed by atoms with Gasteiger partial charge in [0, 0.05) is 0 Å². The molecule has 4 aliphatic rings. The van der Waals surface area contributed by atoms with Gasteiger partial charge >= 0.3 is 0 Å². The van der Waals surface area contributed by atoms with E-state index in [0.717, 1.165) is 36.0 Å². The van der Waals surface area contributed by atoms with E-state index in [-0.39, 0.29) is 6.10 Å². The van der Waals surface area contributed by atoms with Crippen molar-refractivity contribution in [3.63, 3.8) is 0 Å². The molecule has 0 aliphatic heterocycles. The summed E-state index contributed by atoms with van der Waals surface area (Å²) in [6.07, 6.45) is 12.8. The molecule has 4 aliphatic carbocycles. The minimum Gasteiger partial charge on any atom is -0.389 e. The van der Waals surface area contributed by atoms with Gasteiger partial charge in [-0.25, -0.2) is 0 Å². The summed E-state index contributed by atoms with van der Waals surface area (Å²) in [4.78, 5) is 0. The van der Waals surface area contributed by atoms with E-state index in [1.165, 1.54) is 44.9 Å². The molecular weight excluding hydrogens is 280 g/mol. The standard InChI is InChI=1S/C22H36O/c1-14(2)18-7-8-19-17-6-5-15-13-16(23)9-11-21(15,3)20(17)10-12-22(18,19)4/h13-14,16-20,23H,5-12H2,1-4H3. The molecule has 0 aromatic heterocycles. The van der Waals surface area contributed by atoms with Crippen LogP contribution < -0.4 is 0 Å². The highest BCUT2D eigenvalue weighted by molar-refractivity contribution is 5.25. The van der Waals surface area contributed by atoms with Crippen molar-refractivity contribution in [1.29, 1.82) is 0 Å². The molecule has 0 spiro atoms.